The molecule has 0 fully saturated rings. The predicted molar refractivity (Wildman–Crippen MR) is 84.3 cm³/mol. The Labute approximate surface area is 124 Å². The summed E-state index contributed by atoms with van der Waals surface area (Å²) in [5.74, 6) is 1.57. The summed E-state index contributed by atoms with van der Waals surface area (Å²) in [6, 6.07) is 13.8. The molecule has 1 aromatic carbocycles. The number of nitrogens with two attached hydrogens (primary N) is 1. The Morgan fingerprint density at radius 2 is 2.05 bits per heavy atom. The first-order valence-corrected chi connectivity index (χ1v) is 6.82. The number of hydrogen-bond donors (Lipinski definition) is 2. The minimum atomic E-state index is 0.210. The second-order valence-corrected chi connectivity index (χ2v) is 4.40. The van der Waals surface area contributed by atoms with Crippen molar-refractivity contribution >= 4 is 23.3 Å². The van der Waals surface area contributed by atoms with E-state index < -0.39 is 0 Å². The molecule has 0 atom stereocenters. The first kappa shape index (κ1) is 14.6. The molecule has 0 saturated heterocycles. The van der Waals surface area contributed by atoms with Crippen LogP contribution in [0.2, 0.25) is 0 Å². The summed E-state index contributed by atoms with van der Waals surface area (Å²) >= 11 is 0. The van der Waals surface area contributed by atoms with Gasteiger partial charge in [-0.2, -0.15) is 15.2 Å². The highest BCUT2D eigenvalue weighted by Gasteiger charge is 2.12. The highest BCUT2D eigenvalue weighted by Crippen LogP contribution is 2.25. The number of rotatable bonds is 6. The maximum absolute atomic E-state index is 8.86. The van der Waals surface area contributed by atoms with Crippen LogP contribution in [-0.2, 0) is 0 Å². The van der Waals surface area contributed by atoms with Gasteiger partial charge in [-0.3, -0.25) is 0 Å². The number of nitrogen functional groups attached to an aromatic ring is 1. The van der Waals surface area contributed by atoms with Gasteiger partial charge in [-0.1, -0.05) is 18.2 Å². The molecule has 3 N–H and O–H groups in total. The van der Waals surface area contributed by atoms with Gasteiger partial charge in [0, 0.05) is 24.8 Å². The SMILES string of the molecule is CCNc1cc(N(CCC#N)c2ccccc2)nc(N)n1. The van der Waals surface area contributed by atoms with Crippen molar-refractivity contribution in [2.45, 2.75) is 13.3 Å². The maximum Gasteiger partial charge on any atom is 0.223 e. The van der Waals surface area contributed by atoms with E-state index in [1.54, 1.807) is 0 Å². The number of nitriles is 1. The molecule has 6 nitrogen and oxygen atoms in total. The largest absolute Gasteiger partial charge is 0.370 e. The van der Waals surface area contributed by atoms with Crippen molar-refractivity contribution < 1.29 is 0 Å². The lowest BCUT2D eigenvalue weighted by Crippen LogP contribution is -2.20. The van der Waals surface area contributed by atoms with Crippen molar-refractivity contribution in [2.24, 2.45) is 0 Å². The molecule has 1 heterocycles. The van der Waals surface area contributed by atoms with Crippen LogP contribution in [0.5, 0.6) is 0 Å². The van der Waals surface area contributed by atoms with Gasteiger partial charge in [-0.25, -0.2) is 0 Å². The second-order valence-electron chi connectivity index (χ2n) is 4.40. The van der Waals surface area contributed by atoms with E-state index in [0.29, 0.717) is 24.6 Å². The molecule has 0 amide bonds. The van der Waals surface area contributed by atoms with Crippen LogP contribution in [0, 0.1) is 11.3 Å². The van der Waals surface area contributed by atoms with Crippen LogP contribution in [0.25, 0.3) is 0 Å². The van der Waals surface area contributed by atoms with Crippen molar-refractivity contribution in [3.63, 3.8) is 0 Å². The van der Waals surface area contributed by atoms with Gasteiger partial charge in [0.15, 0.2) is 0 Å². The molecule has 108 valence electrons. The van der Waals surface area contributed by atoms with Gasteiger partial charge in [0.25, 0.3) is 0 Å². The number of benzene rings is 1. The molecule has 0 spiro atoms. The molecule has 0 bridgehead atoms. The molecule has 0 unspecified atom stereocenters. The van der Waals surface area contributed by atoms with E-state index in [0.717, 1.165) is 12.2 Å². The van der Waals surface area contributed by atoms with Crippen molar-refractivity contribution in [3.8, 4) is 6.07 Å². The van der Waals surface area contributed by atoms with Gasteiger partial charge in [-0.15, -0.1) is 0 Å². The number of nitrogens with one attached hydrogen (secondary N) is 1. The Bertz CT molecular complexity index is 620. The first-order valence-electron chi connectivity index (χ1n) is 6.82. The lowest BCUT2D eigenvalue weighted by atomic mass is 10.2. The number of anilines is 4. The van der Waals surface area contributed by atoms with E-state index in [1.165, 1.54) is 0 Å². The molecular weight excluding hydrogens is 264 g/mol. The van der Waals surface area contributed by atoms with E-state index in [2.05, 4.69) is 21.4 Å². The van der Waals surface area contributed by atoms with Crippen LogP contribution in [0.3, 0.4) is 0 Å². The number of nitrogens with zero attached hydrogens (tertiary/aromatic N) is 4. The third-order valence-corrected chi connectivity index (χ3v) is 2.88. The molecule has 2 rings (SSSR count). The van der Waals surface area contributed by atoms with E-state index >= 15 is 0 Å². The Kier molecular flexibility index (Phi) is 4.94. The third-order valence-electron chi connectivity index (χ3n) is 2.88. The van der Waals surface area contributed by atoms with Crippen LogP contribution in [0.15, 0.2) is 36.4 Å². The van der Waals surface area contributed by atoms with Gasteiger partial charge in [-0.05, 0) is 19.1 Å². The van der Waals surface area contributed by atoms with Gasteiger partial charge >= 0.3 is 0 Å². The van der Waals surface area contributed by atoms with Gasteiger partial charge < -0.3 is 16.0 Å². The summed E-state index contributed by atoms with van der Waals surface area (Å²) in [6.45, 7) is 3.28. The smallest absolute Gasteiger partial charge is 0.223 e. The van der Waals surface area contributed by atoms with E-state index in [1.807, 2.05) is 48.2 Å². The van der Waals surface area contributed by atoms with Crippen molar-refractivity contribution in [2.75, 3.05) is 29.0 Å². The first-order chi connectivity index (χ1) is 10.2. The summed E-state index contributed by atoms with van der Waals surface area (Å²) in [5.41, 5.74) is 6.75. The minimum absolute atomic E-state index is 0.210. The zero-order chi connectivity index (χ0) is 15.1. The van der Waals surface area contributed by atoms with Crippen molar-refractivity contribution in [3.05, 3.63) is 36.4 Å². The van der Waals surface area contributed by atoms with Crippen LogP contribution in [0.1, 0.15) is 13.3 Å². The normalized spacial score (nSPS) is 9.90. The topological polar surface area (TPSA) is 90.9 Å². The van der Waals surface area contributed by atoms with Crippen LogP contribution >= 0.6 is 0 Å². The van der Waals surface area contributed by atoms with E-state index in [9.17, 15) is 0 Å². The average molecular weight is 282 g/mol. The van der Waals surface area contributed by atoms with Crippen LogP contribution < -0.4 is 16.0 Å². The Hall–Kier alpha value is -2.81. The number of hydrogen-bond acceptors (Lipinski definition) is 6. The second kappa shape index (κ2) is 7.10. The van der Waals surface area contributed by atoms with Crippen LogP contribution in [0.4, 0.5) is 23.3 Å². The van der Waals surface area contributed by atoms with Gasteiger partial charge in [0.1, 0.15) is 11.6 Å². The van der Waals surface area contributed by atoms with Crippen LogP contribution in [-0.4, -0.2) is 23.1 Å². The lowest BCUT2D eigenvalue weighted by molar-refractivity contribution is 0.922. The summed E-state index contributed by atoms with van der Waals surface area (Å²) in [5, 5.41) is 12.0. The highest BCUT2D eigenvalue weighted by atomic mass is 15.2. The monoisotopic (exact) mass is 282 g/mol. The minimum Gasteiger partial charge on any atom is -0.370 e. The third kappa shape index (κ3) is 3.83. The molecule has 0 radical (unpaired) electrons. The number of para-hydroxylation sites is 1. The van der Waals surface area contributed by atoms with Crippen molar-refractivity contribution in [1.29, 1.82) is 5.26 Å². The molecule has 0 saturated carbocycles. The fraction of sp³-hybridized carbons (Fsp3) is 0.267. The summed E-state index contributed by atoms with van der Waals surface area (Å²) < 4.78 is 0. The van der Waals surface area contributed by atoms with Gasteiger partial charge in [0.2, 0.25) is 5.95 Å². The summed E-state index contributed by atoms with van der Waals surface area (Å²) in [7, 11) is 0. The number of aromatic nitrogens is 2. The molecule has 6 heteroatoms. The molecule has 21 heavy (non-hydrogen) atoms. The summed E-state index contributed by atoms with van der Waals surface area (Å²) in [4.78, 5) is 10.4. The Morgan fingerprint density at radius 1 is 1.29 bits per heavy atom. The predicted octanol–water partition coefficient (Wildman–Crippen LogP) is 2.54. The Morgan fingerprint density at radius 3 is 2.71 bits per heavy atom. The van der Waals surface area contributed by atoms with Crippen molar-refractivity contribution in [1.82, 2.24) is 9.97 Å². The van der Waals surface area contributed by atoms with Gasteiger partial charge in [0.05, 0.1) is 12.5 Å². The Balaban J connectivity index is 2.39. The average Bonchev–Trinajstić information content (AvgIpc) is 2.48. The maximum atomic E-state index is 8.86. The lowest BCUT2D eigenvalue weighted by Gasteiger charge is -2.23. The standard InChI is InChI=1S/C15H18N6/c1-2-18-13-11-14(20-15(17)19-13)21(10-6-9-16)12-7-4-3-5-8-12/h3-5,7-8,11H,2,6,10H2,1H3,(H3,17,18,19,20). The fourth-order valence-corrected chi connectivity index (χ4v) is 2.01. The fourth-order valence-electron chi connectivity index (χ4n) is 2.01. The molecule has 1 aromatic heterocycles. The molecule has 0 aliphatic heterocycles. The zero-order valence-electron chi connectivity index (χ0n) is 12.0. The molecule has 0 aliphatic rings. The van der Waals surface area contributed by atoms with E-state index in [4.69, 9.17) is 11.0 Å². The summed E-state index contributed by atoms with van der Waals surface area (Å²) in [6.07, 6.45) is 0.398. The molecular formula is C15H18N6. The molecule has 2 aromatic rings. The highest BCUT2D eigenvalue weighted by molar-refractivity contribution is 5.63. The quantitative estimate of drug-likeness (QED) is 0.846. The molecule has 0 aliphatic carbocycles. The van der Waals surface area contributed by atoms with E-state index in [-0.39, 0.29) is 5.95 Å². The zero-order valence-corrected chi connectivity index (χ0v) is 12.0.